The topological polar surface area (TPSA) is 616 Å². The molecule has 8 aliphatic heterocycles. The van der Waals surface area contributed by atoms with Crippen LogP contribution in [-0.2, 0) is 73.4 Å². The maximum Gasteiger partial charge on any atom is 0.248 e. The normalized spacial score (nSPS) is 29.0. The molecule has 0 saturated carbocycles. The molecule has 0 aliphatic carbocycles. The number of aliphatic hydroxyl groups excluding tert-OH is 7. The van der Waals surface area contributed by atoms with Gasteiger partial charge in [0, 0.05) is 65.8 Å². The molecule has 23 atom stereocenters. The third-order valence-corrected chi connectivity index (χ3v) is 25.4. The van der Waals surface area contributed by atoms with Crippen LogP contribution in [0.15, 0.2) is 127 Å². The standard InChI is InChI=1S/C89H103Cl3N12O27S/c1-37(106)23-53(96-6)80(117)103-70-72(112)44-14-19-57(51(91)25-44)126-59-27-46-28-60(76(59)131-87-77(74(114)73(113)61(35-105)128-87)130-65-33-89(5,79(116)39(3)125-65)98-34-40-7-9-41(10-8-40)42-11-16-47(90)17-12-42)127-58-20-15-45(26-52(58)92)75(129-64-32-88(4,95)78(115)38(2)124-64)71-85(122)102-69(86(123)132-36-63(111)97-22-21-93)50-29-48(107)30-56(109)66(50)49-24-43(13-18-55(49)108)67(82(119)104-71)101-83(120)68(46)100-81(118)54(31-62(94)110)99-84(70)121/h7-20,24-30,37-39,53-54,61,64-65,67-75,77-79,87,96,98,105-109,112-116H,21-23,31-36,93,95H2,1-6H3,(H2,94,110)(H,97,111)(H,99,121)(H,100,118)(H,101,120)(H,102,122)(H,103,117)(H,104,119)/t37?,38-,39-,53+,54-,61+,64-,65-,67+,68+,69-,70+,71-,72+,73+,74-,75+,77+,78-,79-,87?,88-,89-/m0/s1. The maximum absolute atomic E-state index is 16.7. The molecule has 708 valence electrons. The van der Waals surface area contributed by atoms with E-state index in [0.717, 1.165) is 65.2 Å². The second-order valence-corrected chi connectivity index (χ2v) is 35.8. The van der Waals surface area contributed by atoms with Gasteiger partial charge in [0.2, 0.25) is 64.4 Å². The van der Waals surface area contributed by atoms with Gasteiger partial charge in [-0.1, -0.05) is 101 Å². The molecule has 3 fully saturated rings. The summed E-state index contributed by atoms with van der Waals surface area (Å²) in [5.74, 6) is -15.9. The number of aromatic hydroxyl groups is 3. The average Bonchev–Trinajstić information content (AvgIpc) is 0.747. The van der Waals surface area contributed by atoms with Crippen LogP contribution in [0, 0.1) is 0 Å². The minimum absolute atomic E-state index is 0.00257. The van der Waals surface area contributed by atoms with Crippen molar-refractivity contribution in [1.82, 2.24) is 47.9 Å². The fraction of sp³-hybridized carbons (Fsp3) is 0.427. The van der Waals surface area contributed by atoms with Gasteiger partial charge in [0.05, 0.1) is 65.4 Å². The van der Waals surface area contributed by atoms with Gasteiger partial charge in [0.25, 0.3) is 0 Å². The highest BCUT2D eigenvalue weighted by atomic mass is 35.5. The van der Waals surface area contributed by atoms with E-state index in [2.05, 4.69) is 47.9 Å². The minimum Gasteiger partial charge on any atom is -0.508 e. The van der Waals surface area contributed by atoms with Crippen molar-refractivity contribution >= 4 is 98.9 Å². The number of hydrogen-bond acceptors (Lipinski definition) is 32. The summed E-state index contributed by atoms with van der Waals surface area (Å²) >= 11 is 21.3. The number of phenols is 3. The summed E-state index contributed by atoms with van der Waals surface area (Å²) in [4.78, 5) is 136. The molecule has 3 saturated heterocycles. The minimum atomic E-state index is -2.44. The molecule has 8 heterocycles. The number of benzene rings is 7. The van der Waals surface area contributed by atoms with E-state index in [-0.39, 0.29) is 55.6 Å². The lowest BCUT2D eigenvalue weighted by Gasteiger charge is -2.48. The van der Waals surface area contributed by atoms with Gasteiger partial charge in [-0.2, -0.15) is 0 Å². The number of rotatable bonds is 23. The van der Waals surface area contributed by atoms with Gasteiger partial charge in [0.15, 0.2) is 30.2 Å². The van der Waals surface area contributed by atoms with Crippen molar-refractivity contribution in [3.05, 3.63) is 176 Å². The molecule has 15 rings (SSSR count). The predicted molar refractivity (Wildman–Crippen MR) is 474 cm³/mol. The fourth-order valence-electron chi connectivity index (χ4n) is 16.5. The van der Waals surface area contributed by atoms with Gasteiger partial charge in [-0.3, -0.25) is 43.2 Å². The Balaban J connectivity index is 1.02. The Morgan fingerprint density at radius 1 is 0.659 bits per heavy atom. The number of carbonyl (C=O) groups excluding carboxylic acids is 9. The lowest BCUT2D eigenvalue weighted by molar-refractivity contribution is -0.334. The van der Waals surface area contributed by atoms with Crippen molar-refractivity contribution < 1.29 is 132 Å². The molecule has 0 radical (unpaired) electrons. The van der Waals surface area contributed by atoms with Crippen LogP contribution in [0.25, 0.3) is 22.3 Å². The third kappa shape index (κ3) is 22.4. The zero-order chi connectivity index (χ0) is 95.4. The van der Waals surface area contributed by atoms with E-state index >= 15 is 28.8 Å². The lowest BCUT2D eigenvalue weighted by Crippen LogP contribution is -2.65. The Morgan fingerprint density at radius 3 is 1.89 bits per heavy atom. The van der Waals surface area contributed by atoms with Crippen molar-refractivity contribution in [2.75, 3.05) is 32.5 Å². The number of likely N-dealkylation sites (N-methyl/N-ethyl adjacent to an activating group) is 1. The lowest BCUT2D eigenvalue weighted by atomic mass is 9.84. The Bertz CT molecular complexity index is 5480. The van der Waals surface area contributed by atoms with E-state index in [1.165, 1.54) is 58.2 Å². The second kappa shape index (κ2) is 41.9. The number of thioether (sulfide) groups is 1. The Labute approximate surface area is 774 Å². The first-order valence-corrected chi connectivity index (χ1v) is 44.2. The maximum atomic E-state index is 16.7. The van der Waals surface area contributed by atoms with Crippen LogP contribution in [0.4, 0.5) is 0 Å². The zero-order valence-corrected chi connectivity index (χ0v) is 74.9. The van der Waals surface area contributed by atoms with E-state index in [1.807, 2.05) is 36.4 Å². The quantitative estimate of drug-likeness (QED) is 0.0437. The van der Waals surface area contributed by atoms with Crippen LogP contribution in [0.3, 0.4) is 0 Å². The van der Waals surface area contributed by atoms with Crippen molar-refractivity contribution in [1.29, 1.82) is 0 Å². The van der Waals surface area contributed by atoms with E-state index < -0.39 is 289 Å². The molecular weight excluding hydrogens is 1810 g/mol. The summed E-state index contributed by atoms with van der Waals surface area (Å²) in [7, 11) is 1.36. The molecule has 7 aromatic carbocycles. The Morgan fingerprint density at radius 2 is 1.27 bits per heavy atom. The first-order chi connectivity index (χ1) is 62.6. The molecule has 43 heteroatoms. The van der Waals surface area contributed by atoms with Gasteiger partial charge < -0.3 is 154 Å². The number of fused-ring (bicyclic) bond motifs is 15. The van der Waals surface area contributed by atoms with E-state index in [0.29, 0.717) is 16.8 Å². The number of aliphatic hydroxyl groups is 7. The van der Waals surface area contributed by atoms with Gasteiger partial charge >= 0.3 is 0 Å². The summed E-state index contributed by atoms with van der Waals surface area (Å²) in [5, 5.41) is 140. The van der Waals surface area contributed by atoms with Crippen molar-refractivity contribution in [2.45, 2.75) is 206 Å². The molecule has 132 heavy (non-hydrogen) atoms. The Hall–Kier alpha value is -10.7. The van der Waals surface area contributed by atoms with Crippen molar-refractivity contribution in [3.63, 3.8) is 0 Å². The predicted octanol–water partition coefficient (Wildman–Crippen LogP) is 2.47. The molecule has 8 aliphatic rings. The van der Waals surface area contributed by atoms with E-state index in [1.54, 1.807) is 26.0 Å². The SMILES string of the molecule is CN[C@H](CC(C)O)C(=O)N[C@H]1C(=O)N[C@@H](CC(N)=O)C(=O)N[C@H]2C(=O)N[C@H]3C(=O)N[C@H](C(=O)N[C@H](C(=O)SCC(=O)NCCN)c4cc(O)cc(O)c4-c4cc3ccc4O)[C@H](O[C@H]3C[C@](C)(N)[C@@H](O)[C@H](C)O3)c3ccc(c(Cl)c3)Oc3cc2cc(c3OC2O[C@H](CO)[C@@H](O)[C@H](O)[C@H]2O[C@H]2C[C@](C)(NCc3ccc(-c4ccc(Cl)cc4)cc3)[C@@H](O)[C@H](C)O2)Oc2ccc(cc2Cl)[C@H]1O. The molecule has 11 bridgehead atoms. The summed E-state index contributed by atoms with van der Waals surface area (Å²) < 4.78 is 53.2. The molecule has 0 spiro atoms. The van der Waals surface area contributed by atoms with Crippen LogP contribution in [-0.4, -0.2) is 245 Å². The molecule has 7 aromatic rings. The molecule has 25 N–H and O–H groups in total. The van der Waals surface area contributed by atoms with Crippen LogP contribution in [0.1, 0.15) is 124 Å². The summed E-state index contributed by atoms with van der Waals surface area (Å²) in [5.41, 5.74) is 15.4. The number of hydrogen-bond donors (Lipinski definition) is 22. The zero-order valence-electron chi connectivity index (χ0n) is 71.8. The van der Waals surface area contributed by atoms with Gasteiger partial charge in [-0.15, -0.1) is 0 Å². The largest absolute Gasteiger partial charge is 0.508 e. The van der Waals surface area contributed by atoms with Crippen molar-refractivity contribution in [2.24, 2.45) is 17.2 Å². The highest BCUT2D eigenvalue weighted by Crippen LogP contribution is 2.51. The number of ether oxygens (including phenoxy) is 8. The first kappa shape index (κ1) is 98.8. The number of halogens is 3. The number of carbonyl (C=O) groups is 9. The second-order valence-electron chi connectivity index (χ2n) is 33.6. The summed E-state index contributed by atoms with van der Waals surface area (Å²) in [6.07, 6.45) is -24.9. The summed E-state index contributed by atoms with van der Waals surface area (Å²) in [6, 6.07) is 14.2. The highest BCUT2D eigenvalue weighted by molar-refractivity contribution is 8.14. The van der Waals surface area contributed by atoms with Crippen LogP contribution >= 0.6 is 46.6 Å². The van der Waals surface area contributed by atoms with E-state index in [9.17, 15) is 65.4 Å². The van der Waals surface area contributed by atoms with Crippen LogP contribution < -0.4 is 79.3 Å². The highest BCUT2D eigenvalue weighted by Gasteiger charge is 2.53. The van der Waals surface area contributed by atoms with Crippen molar-refractivity contribution in [3.8, 4) is 68.2 Å². The van der Waals surface area contributed by atoms with Gasteiger partial charge in [-0.05, 0) is 159 Å². The van der Waals surface area contributed by atoms with Crippen LogP contribution in [0.5, 0.6) is 46.0 Å². The molecule has 2 unspecified atom stereocenters. The number of nitrogens with two attached hydrogens (primary N) is 3. The first-order valence-electron chi connectivity index (χ1n) is 42.1. The smallest absolute Gasteiger partial charge is 0.248 e. The van der Waals surface area contributed by atoms with Gasteiger partial charge in [0.1, 0.15) is 95.5 Å². The monoisotopic (exact) mass is 1910 g/mol. The number of amides is 8. The van der Waals surface area contributed by atoms with Gasteiger partial charge in [-0.25, -0.2) is 0 Å². The molecule has 0 aromatic heterocycles. The Kier molecular flexibility index (Phi) is 31.4. The molecule has 8 amide bonds. The van der Waals surface area contributed by atoms with Crippen LogP contribution in [0.2, 0.25) is 15.1 Å². The molecular formula is C89H103Cl3N12O27S. The summed E-state index contributed by atoms with van der Waals surface area (Å²) in [6.45, 7) is 6.73. The molecule has 39 nitrogen and oxygen atoms in total. The number of nitrogens with one attached hydrogen (secondary N) is 9. The fourth-order valence-corrected chi connectivity index (χ4v) is 17.8. The number of primary amides is 1. The third-order valence-electron chi connectivity index (χ3n) is 23.6. The number of phenolic OH excluding ortho intramolecular Hbond substituents is 3. The van der Waals surface area contributed by atoms with E-state index in [4.69, 9.17) is 89.9 Å². The average molecular weight is 1910 g/mol.